The van der Waals surface area contributed by atoms with Gasteiger partial charge >= 0.3 is 17.9 Å². The quantitative estimate of drug-likeness (QED) is 0.311. The van der Waals surface area contributed by atoms with Crippen molar-refractivity contribution < 1.29 is 27.1 Å². The lowest BCUT2D eigenvalue weighted by Crippen LogP contribution is -2.26. The predicted octanol–water partition coefficient (Wildman–Crippen LogP) is 5.79. The van der Waals surface area contributed by atoms with E-state index in [-0.39, 0.29) is 28.4 Å². The van der Waals surface area contributed by atoms with Crippen molar-refractivity contribution in [3.8, 4) is 17.2 Å². The van der Waals surface area contributed by atoms with Crippen molar-refractivity contribution in [2.75, 3.05) is 0 Å². The minimum Gasteiger partial charge on any atom is -0.455 e. The fourth-order valence-electron chi connectivity index (χ4n) is 4.41. The second kappa shape index (κ2) is 7.55. The second-order valence-electron chi connectivity index (χ2n) is 7.74. The first-order valence-electron chi connectivity index (χ1n) is 10.4. The Bertz CT molecular complexity index is 1590. The monoisotopic (exact) mass is 460 g/mol. The molecule has 34 heavy (non-hydrogen) atoms. The molecule has 0 saturated carbocycles. The lowest BCUT2D eigenvalue weighted by Gasteiger charge is -2.27. The van der Waals surface area contributed by atoms with E-state index in [0.717, 1.165) is 0 Å². The third-order valence-electron chi connectivity index (χ3n) is 5.82. The summed E-state index contributed by atoms with van der Waals surface area (Å²) in [6.07, 6.45) is 0. The third-order valence-corrected chi connectivity index (χ3v) is 5.82. The largest absolute Gasteiger partial charge is 0.455 e. The Kier molecular flexibility index (Phi) is 4.48. The molecule has 0 amide bonds. The summed E-state index contributed by atoms with van der Waals surface area (Å²) in [4.78, 5) is 26.3. The topological polar surface area (TPSA) is 78.9 Å². The molecule has 1 aliphatic heterocycles. The summed E-state index contributed by atoms with van der Waals surface area (Å²) in [6.45, 7) is -2.98. The molecule has 0 unspecified atom stereocenters. The van der Waals surface area contributed by atoms with Gasteiger partial charge in [0, 0.05) is 0 Å². The van der Waals surface area contributed by atoms with Gasteiger partial charge in [0.05, 0.1) is 27.8 Å². The van der Waals surface area contributed by atoms with E-state index in [1.165, 1.54) is 24.3 Å². The summed E-state index contributed by atoms with van der Waals surface area (Å²) < 4.78 is 47.0. The molecule has 1 aliphatic rings. The lowest BCUT2D eigenvalue weighted by atomic mass is 9.83. The average molecular weight is 460 g/mol. The van der Waals surface area contributed by atoms with Crippen LogP contribution in [0, 0.1) is 0 Å². The SMILES string of the molecule is O=c1oc2ccccc2c2c1C(c1ccc(OC(F)F)cc1)c1c(c3ccccc3oc1=O)O2. The Morgan fingerprint density at radius 1 is 0.706 bits per heavy atom. The van der Waals surface area contributed by atoms with Gasteiger partial charge in [0.25, 0.3) is 0 Å². The molecule has 0 bridgehead atoms. The molecule has 0 spiro atoms. The van der Waals surface area contributed by atoms with E-state index in [1.54, 1.807) is 48.5 Å². The first-order valence-corrected chi connectivity index (χ1v) is 10.4. The molecule has 3 aromatic carbocycles. The Labute approximate surface area is 189 Å². The Morgan fingerprint density at radius 3 is 1.71 bits per heavy atom. The zero-order chi connectivity index (χ0) is 23.4. The fraction of sp³-hybridized carbons (Fsp3) is 0.0769. The van der Waals surface area contributed by atoms with Gasteiger partial charge in [-0.25, -0.2) is 9.59 Å². The Balaban J connectivity index is 1.68. The molecule has 6 nitrogen and oxygen atoms in total. The summed E-state index contributed by atoms with van der Waals surface area (Å²) in [5, 5.41) is 1.12. The van der Waals surface area contributed by atoms with E-state index in [2.05, 4.69) is 4.74 Å². The summed E-state index contributed by atoms with van der Waals surface area (Å²) >= 11 is 0. The van der Waals surface area contributed by atoms with Gasteiger partial charge in [-0.15, -0.1) is 0 Å². The van der Waals surface area contributed by atoms with Crippen LogP contribution in [0.4, 0.5) is 8.78 Å². The normalized spacial score (nSPS) is 13.0. The van der Waals surface area contributed by atoms with Crippen LogP contribution in [0.5, 0.6) is 17.2 Å². The molecule has 5 aromatic rings. The van der Waals surface area contributed by atoms with E-state index in [9.17, 15) is 18.4 Å². The van der Waals surface area contributed by atoms with Crippen LogP contribution in [0.3, 0.4) is 0 Å². The molecule has 168 valence electrons. The smallest absolute Gasteiger partial charge is 0.387 e. The summed E-state index contributed by atoms with van der Waals surface area (Å²) in [7, 11) is 0. The van der Waals surface area contributed by atoms with Gasteiger partial charge in [-0.1, -0.05) is 36.4 Å². The van der Waals surface area contributed by atoms with E-state index in [1.807, 2.05) is 0 Å². The maximum atomic E-state index is 13.2. The third kappa shape index (κ3) is 3.07. The molecule has 3 heterocycles. The number of rotatable bonds is 3. The van der Waals surface area contributed by atoms with Crippen LogP contribution in [0.2, 0.25) is 0 Å². The van der Waals surface area contributed by atoms with E-state index in [0.29, 0.717) is 27.5 Å². The van der Waals surface area contributed by atoms with Crippen molar-refractivity contribution in [2.45, 2.75) is 12.5 Å². The number of halogens is 2. The van der Waals surface area contributed by atoms with Crippen molar-refractivity contribution in [3.63, 3.8) is 0 Å². The molecule has 0 saturated heterocycles. The number of fused-ring (bicyclic) bond motifs is 6. The minimum absolute atomic E-state index is 0.0534. The van der Waals surface area contributed by atoms with Crippen LogP contribution in [0.15, 0.2) is 91.2 Å². The van der Waals surface area contributed by atoms with Gasteiger partial charge < -0.3 is 18.3 Å². The summed E-state index contributed by atoms with van der Waals surface area (Å²) in [5.41, 5.74) is 0.0441. The highest BCUT2D eigenvalue weighted by atomic mass is 19.3. The van der Waals surface area contributed by atoms with Crippen LogP contribution >= 0.6 is 0 Å². The zero-order valence-corrected chi connectivity index (χ0v) is 17.3. The lowest BCUT2D eigenvalue weighted by molar-refractivity contribution is -0.0498. The predicted molar refractivity (Wildman–Crippen MR) is 119 cm³/mol. The number of benzene rings is 3. The first kappa shape index (κ1) is 20.2. The standard InChI is InChI=1S/C26H14F2O6/c27-26(28)31-14-11-9-13(10-12-14)19-20-22(15-5-1-3-7-17(15)32-24(20)29)34-23-16-6-2-4-8-18(16)33-25(30)21(19)23/h1-12,19,26H. The zero-order valence-electron chi connectivity index (χ0n) is 17.3. The van der Waals surface area contributed by atoms with Crippen LogP contribution in [-0.4, -0.2) is 6.61 Å². The highest BCUT2D eigenvalue weighted by Crippen LogP contribution is 2.49. The number of hydrogen-bond donors (Lipinski definition) is 0. The van der Waals surface area contributed by atoms with Crippen LogP contribution < -0.4 is 20.7 Å². The molecule has 6 rings (SSSR count). The molecular formula is C26H14F2O6. The van der Waals surface area contributed by atoms with Crippen molar-refractivity contribution in [1.82, 2.24) is 0 Å². The fourth-order valence-corrected chi connectivity index (χ4v) is 4.41. The summed E-state index contributed by atoms with van der Waals surface area (Å²) in [5.74, 6) is -0.426. The number of ether oxygens (including phenoxy) is 2. The van der Waals surface area contributed by atoms with Crippen LogP contribution in [0.1, 0.15) is 22.6 Å². The average Bonchev–Trinajstić information content (AvgIpc) is 2.83. The van der Waals surface area contributed by atoms with Crippen molar-refractivity contribution in [2.24, 2.45) is 0 Å². The maximum Gasteiger partial charge on any atom is 0.387 e. The van der Waals surface area contributed by atoms with Gasteiger partial charge in [0.1, 0.15) is 28.4 Å². The molecule has 2 aromatic heterocycles. The van der Waals surface area contributed by atoms with Crippen molar-refractivity contribution in [3.05, 3.63) is 110 Å². The van der Waals surface area contributed by atoms with Crippen molar-refractivity contribution in [1.29, 1.82) is 0 Å². The number of alkyl halides is 2. The molecule has 0 atom stereocenters. The molecular weight excluding hydrogens is 446 g/mol. The molecule has 0 fully saturated rings. The van der Waals surface area contributed by atoms with Gasteiger partial charge in [0.2, 0.25) is 0 Å². The first-order chi connectivity index (χ1) is 16.5. The van der Waals surface area contributed by atoms with E-state index in [4.69, 9.17) is 13.6 Å². The van der Waals surface area contributed by atoms with Gasteiger partial charge in [-0.2, -0.15) is 8.78 Å². The van der Waals surface area contributed by atoms with Crippen molar-refractivity contribution >= 4 is 21.9 Å². The van der Waals surface area contributed by atoms with Gasteiger partial charge in [0.15, 0.2) is 0 Å². The number of para-hydroxylation sites is 2. The van der Waals surface area contributed by atoms with Crippen LogP contribution in [0.25, 0.3) is 21.9 Å². The molecule has 0 N–H and O–H groups in total. The van der Waals surface area contributed by atoms with Gasteiger partial charge in [-0.3, -0.25) is 0 Å². The number of hydrogen-bond acceptors (Lipinski definition) is 6. The minimum atomic E-state index is -2.98. The molecule has 8 heteroatoms. The highest BCUT2D eigenvalue weighted by Gasteiger charge is 2.38. The Morgan fingerprint density at radius 2 is 1.21 bits per heavy atom. The maximum absolute atomic E-state index is 13.2. The highest BCUT2D eigenvalue weighted by molar-refractivity contribution is 5.90. The van der Waals surface area contributed by atoms with E-state index < -0.39 is 23.8 Å². The van der Waals surface area contributed by atoms with Gasteiger partial charge in [-0.05, 0) is 42.0 Å². The summed E-state index contributed by atoms with van der Waals surface area (Å²) in [6, 6.07) is 19.6. The van der Waals surface area contributed by atoms with E-state index >= 15 is 0 Å². The second-order valence-corrected chi connectivity index (χ2v) is 7.74. The molecule has 0 radical (unpaired) electrons. The molecule has 0 aliphatic carbocycles. The van der Waals surface area contributed by atoms with Crippen LogP contribution in [-0.2, 0) is 0 Å². The Hall–Kier alpha value is -4.46.